The van der Waals surface area contributed by atoms with Crippen molar-refractivity contribution in [3.8, 4) is 0 Å². The van der Waals surface area contributed by atoms with Gasteiger partial charge in [-0.15, -0.1) is 0 Å². The van der Waals surface area contributed by atoms with E-state index in [1.165, 1.54) is 0 Å². The molecule has 0 aliphatic rings. The zero-order valence-corrected chi connectivity index (χ0v) is 15.2. The lowest BCUT2D eigenvalue weighted by Crippen LogP contribution is -2.19. The SMILES string of the molecule is CCOC(=O)c1ccc(NC(=O)Cn2c(C)c(C=O)c3ccccc32)cc1. The molecule has 3 aromatic rings. The first kappa shape index (κ1) is 18.4. The number of amides is 1. The first-order chi connectivity index (χ1) is 13.0. The quantitative estimate of drug-likeness (QED) is 0.536. The number of ether oxygens (including phenoxy) is 1. The highest BCUT2D eigenvalue weighted by Gasteiger charge is 2.15. The van der Waals surface area contributed by atoms with E-state index < -0.39 is 5.97 Å². The van der Waals surface area contributed by atoms with Crippen LogP contribution in [0.3, 0.4) is 0 Å². The number of anilines is 1. The van der Waals surface area contributed by atoms with Crippen molar-refractivity contribution in [2.75, 3.05) is 11.9 Å². The van der Waals surface area contributed by atoms with Crippen LogP contribution in [0.2, 0.25) is 0 Å². The van der Waals surface area contributed by atoms with Crippen molar-refractivity contribution in [1.82, 2.24) is 4.57 Å². The first-order valence-electron chi connectivity index (χ1n) is 8.65. The third-order valence-corrected chi connectivity index (χ3v) is 4.38. The number of para-hydroxylation sites is 1. The summed E-state index contributed by atoms with van der Waals surface area (Å²) < 4.78 is 6.76. The molecule has 3 rings (SSSR count). The predicted molar refractivity (Wildman–Crippen MR) is 103 cm³/mol. The molecule has 1 aromatic heterocycles. The van der Waals surface area contributed by atoms with Crippen molar-refractivity contribution in [2.24, 2.45) is 0 Å². The summed E-state index contributed by atoms with van der Waals surface area (Å²) in [7, 11) is 0. The normalized spacial score (nSPS) is 10.6. The maximum atomic E-state index is 12.5. The van der Waals surface area contributed by atoms with Crippen molar-refractivity contribution in [3.05, 3.63) is 65.4 Å². The van der Waals surface area contributed by atoms with Crippen LogP contribution in [0.5, 0.6) is 0 Å². The minimum atomic E-state index is -0.397. The molecule has 27 heavy (non-hydrogen) atoms. The van der Waals surface area contributed by atoms with Gasteiger partial charge in [-0.25, -0.2) is 4.79 Å². The molecule has 6 nitrogen and oxygen atoms in total. The Labute approximate surface area is 156 Å². The minimum Gasteiger partial charge on any atom is -0.462 e. The van der Waals surface area contributed by atoms with E-state index in [2.05, 4.69) is 5.32 Å². The smallest absolute Gasteiger partial charge is 0.338 e. The van der Waals surface area contributed by atoms with Gasteiger partial charge in [0.15, 0.2) is 6.29 Å². The van der Waals surface area contributed by atoms with E-state index in [0.29, 0.717) is 23.4 Å². The van der Waals surface area contributed by atoms with Gasteiger partial charge >= 0.3 is 5.97 Å². The summed E-state index contributed by atoms with van der Waals surface area (Å²) >= 11 is 0. The number of esters is 1. The summed E-state index contributed by atoms with van der Waals surface area (Å²) in [6, 6.07) is 14.0. The Morgan fingerprint density at radius 1 is 1.11 bits per heavy atom. The van der Waals surface area contributed by atoms with Crippen LogP contribution in [-0.4, -0.2) is 29.3 Å². The van der Waals surface area contributed by atoms with Crippen LogP contribution in [0.4, 0.5) is 5.69 Å². The predicted octanol–water partition coefficient (Wildman–Crippen LogP) is 3.58. The molecule has 0 spiro atoms. The zero-order valence-electron chi connectivity index (χ0n) is 15.2. The number of carbonyl (C=O) groups is 3. The Hall–Kier alpha value is -3.41. The fourth-order valence-electron chi connectivity index (χ4n) is 3.06. The Morgan fingerprint density at radius 2 is 1.81 bits per heavy atom. The fourth-order valence-corrected chi connectivity index (χ4v) is 3.06. The van der Waals surface area contributed by atoms with Gasteiger partial charge in [0, 0.05) is 27.8 Å². The largest absolute Gasteiger partial charge is 0.462 e. The van der Waals surface area contributed by atoms with E-state index in [4.69, 9.17) is 4.74 Å². The van der Waals surface area contributed by atoms with Crippen molar-refractivity contribution < 1.29 is 19.1 Å². The van der Waals surface area contributed by atoms with Gasteiger partial charge in [0.2, 0.25) is 5.91 Å². The first-order valence-corrected chi connectivity index (χ1v) is 8.65. The standard InChI is InChI=1S/C21H20N2O4/c1-3-27-21(26)15-8-10-16(11-9-15)22-20(25)12-23-14(2)18(13-24)17-6-4-5-7-19(17)23/h4-11,13H,3,12H2,1-2H3,(H,22,25). The summed E-state index contributed by atoms with van der Waals surface area (Å²) in [6.45, 7) is 3.96. The maximum Gasteiger partial charge on any atom is 0.338 e. The van der Waals surface area contributed by atoms with Gasteiger partial charge in [-0.3, -0.25) is 9.59 Å². The molecule has 0 bridgehead atoms. The second kappa shape index (κ2) is 7.86. The third kappa shape index (κ3) is 3.74. The molecule has 0 fully saturated rings. The van der Waals surface area contributed by atoms with Crippen molar-refractivity contribution in [2.45, 2.75) is 20.4 Å². The van der Waals surface area contributed by atoms with Gasteiger partial charge in [0.25, 0.3) is 0 Å². The van der Waals surface area contributed by atoms with E-state index in [9.17, 15) is 14.4 Å². The number of aromatic nitrogens is 1. The second-order valence-corrected chi connectivity index (χ2v) is 6.07. The van der Waals surface area contributed by atoms with Crippen molar-refractivity contribution in [3.63, 3.8) is 0 Å². The molecule has 0 radical (unpaired) electrons. The summed E-state index contributed by atoms with van der Waals surface area (Å²) in [5, 5.41) is 3.64. The van der Waals surface area contributed by atoms with E-state index in [1.807, 2.05) is 35.8 Å². The second-order valence-electron chi connectivity index (χ2n) is 6.07. The summed E-state index contributed by atoms with van der Waals surface area (Å²) in [5.41, 5.74) is 3.19. The van der Waals surface area contributed by atoms with Crippen molar-refractivity contribution >= 4 is 34.8 Å². The van der Waals surface area contributed by atoms with Gasteiger partial charge in [0.1, 0.15) is 6.54 Å². The average molecular weight is 364 g/mol. The average Bonchev–Trinajstić information content (AvgIpc) is 2.93. The van der Waals surface area contributed by atoms with Gasteiger partial charge in [-0.05, 0) is 44.2 Å². The molecule has 2 aromatic carbocycles. The number of aldehydes is 1. The van der Waals surface area contributed by atoms with Crippen LogP contribution in [0.25, 0.3) is 10.9 Å². The number of fused-ring (bicyclic) bond motifs is 1. The van der Waals surface area contributed by atoms with Gasteiger partial charge in [0.05, 0.1) is 12.2 Å². The molecule has 0 aliphatic carbocycles. The molecule has 0 atom stereocenters. The number of benzene rings is 2. The maximum absolute atomic E-state index is 12.5. The van der Waals surface area contributed by atoms with E-state index in [0.717, 1.165) is 22.9 Å². The highest BCUT2D eigenvalue weighted by molar-refractivity contribution is 6.00. The molecule has 0 saturated heterocycles. The number of carbonyl (C=O) groups excluding carboxylic acids is 3. The van der Waals surface area contributed by atoms with Gasteiger partial charge in [-0.2, -0.15) is 0 Å². The fraction of sp³-hybridized carbons (Fsp3) is 0.190. The minimum absolute atomic E-state index is 0.0831. The molecular formula is C21H20N2O4. The molecule has 0 saturated carbocycles. The molecule has 138 valence electrons. The molecule has 1 amide bonds. The lowest BCUT2D eigenvalue weighted by molar-refractivity contribution is -0.116. The highest BCUT2D eigenvalue weighted by Crippen LogP contribution is 2.24. The topological polar surface area (TPSA) is 77.4 Å². The van der Waals surface area contributed by atoms with Crippen LogP contribution in [-0.2, 0) is 16.1 Å². The van der Waals surface area contributed by atoms with Crippen LogP contribution in [0.1, 0.15) is 33.3 Å². The summed E-state index contributed by atoms with van der Waals surface area (Å²) in [4.78, 5) is 35.6. The molecule has 1 N–H and O–H groups in total. The number of nitrogens with one attached hydrogen (secondary N) is 1. The molecular weight excluding hydrogens is 344 g/mol. The Kier molecular flexibility index (Phi) is 5.35. The number of hydrogen-bond donors (Lipinski definition) is 1. The molecule has 0 aliphatic heterocycles. The van der Waals surface area contributed by atoms with E-state index >= 15 is 0 Å². The third-order valence-electron chi connectivity index (χ3n) is 4.38. The summed E-state index contributed by atoms with van der Waals surface area (Å²) in [5.74, 6) is -0.619. The summed E-state index contributed by atoms with van der Waals surface area (Å²) in [6.07, 6.45) is 0.820. The lowest BCUT2D eigenvalue weighted by atomic mass is 10.1. The van der Waals surface area contributed by atoms with Gasteiger partial charge < -0.3 is 14.6 Å². The van der Waals surface area contributed by atoms with E-state index in [1.54, 1.807) is 31.2 Å². The lowest BCUT2D eigenvalue weighted by Gasteiger charge is -2.10. The Balaban J connectivity index is 1.77. The molecule has 1 heterocycles. The monoisotopic (exact) mass is 364 g/mol. The van der Waals surface area contributed by atoms with Crippen LogP contribution in [0, 0.1) is 6.92 Å². The Bertz CT molecular complexity index is 1000. The van der Waals surface area contributed by atoms with E-state index in [-0.39, 0.29) is 12.5 Å². The number of rotatable bonds is 6. The van der Waals surface area contributed by atoms with Gasteiger partial charge in [-0.1, -0.05) is 18.2 Å². The Morgan fingerprint density at radius 3 is 2.48 bits per heavy atom. The zero-order chi connectivity index (χ0) is 19.4. The number of hydrogen-bond acceptors (Lipinski definition) is 4. The molecule has 6 heteroatoms. The van der Waals surface area contributed by atoms with Crippen LogP contribution < -0.4 is 5.32 Å². The van der Waals surface area contributed by atoms with Crippen LogP contribution in [0.15, 0.2) is 48.5 Å². The highest BCUT2D eigenvalue weighted by atomic mass is 16.5. The van der Waals surface area contributed by atoms with Crippen LogP contribution >= 0.6 is 0 Å². The number of nitrogens with zero attached hydrogens (tertiary/aromatic N) is 1. The molecule has 0 unspecified atom stereocenters. The van der Waals surface area contributed by atoms with Crippen molar-refractivity contribution in [1.29, 1.82) is 0 Å².